The van der Waals surface area contributed by atoms with Crippen LogP contribution < -0.4 is 11.1 Å². The zero-order valence-corrected chi connectivity index (χ0v) is 9.72. The normalized spacial score (nSPS) is 25.3. The number of nitrogens with two attached hydrogens (primary N) is 1. The van der Waals surface area contributed by atoms with E-state index < -0.39 is 29.5 Å². The van der Waals surface area contributed by atoms with Gasteiger partial charge in [0.25, 0.3) is 0 Å². The number of carboxylic acids is 1. The standard InChI is InChI=1S/C10H15N3O5/c11-7(14)6-5-18-4-3-13(6)9(17)12-10(1-2-10)8(15)16/h6H,1-5H2,(H2,11,14)(H,12,17)(H,15,16). The molecule has 1 aliphatic carbocycles. The van der Waals surface area contributed by atoms with Crippen LogP contribution in [0.25, 0.3) is 0 Å². The Morgan fingerprint density at radius 1 is 1.39 bits per heavy atom. The van der Waals surface area contributed by atoms with Crippen molar-refractivity contribution in [2.45, 2.75) is 24.4 Å². The molecule has 3 amide bonds. The van der Waals surface area contributed by atoms with E-state index >= 15 is 0 Å². The first-order valence-corrected chi connectivity index (χ1v) is 5.65. The van der Waals surface area contributed by atoms with Crippen LogP contribution in [0, 0.1) is 0 Å². The minimum absolute atomic E-state index is 0.0445. The molecule has 1 atom stereocenters. The van der Waals surface area contributed by atoms with Crippen molar-refractivity contribution in [3.05, 3.63) is 0 Å². The summed E-state index contributed by atoms with van der Waals surface area (Å²) in [5.74, 6) is -1.72. The number of amides is 3. The highest BCUT2D eigenvalue weighted by Gasteiger charge is 2.52. The monoisotopic (exact) mass is 257 g/mol. The van der Waals surface area contributed by atoms with Gasteiger partial charge >= 0.3 is 12.0 Å². The number of carboxylic acid groups (broad SMARTS) is 1. The molecule has 18 heavy (non-hydrogen) atoms. The smallest absolute Gasteiger partial charge is 0.329 e. The predicted octanol–water partition coefficient (Wildman–Crippen LogP) is -1.50. The van der Waals surface area contributed by atoms with Gasteiger partial charge in [0.05, 0.1) is 13.2 Å². The summed E-state index contributed by atoms with van der Waals surface area (Å²) in [5.41, 5.74) is 4.01. The van der Waals surface area contributed by atoms with Gasteiger partial charge in [0.1, 0.15) is 11.6 Å². The highest BCUT2D eigenvalue weighted by molar-refractivity contribution is 5.91. The summed E-state index contributed by atoms with van der Waals surface area (Å²) in [6.07, 6.45) is 0.805. The SMILES string of the molecule is NC(=O)C1COCCN1C(=O)NC1(C(=O)O)CC1. The Kier molecular flexibility index (Phi) is 3.12. The summed E-state index contributed by atoms with van der Waals surface area (Å²) in [6, 6.07) is -1.43. The lowest BCUT2D eigenvalue weighted by atomic mass is 10.2. The van der Waals surface area contributed by atoms with Crippen molar-refractivity contribution >= 4 is 17.9 Å². The van der Waals surface area contributed by atoms with Gasteiger partial charge < -0.3 is 25.8 Å². The maximum Gasteiger partial charge on any atom is 0.329 e. The molecule has 8 nitrogen and oxygen atoms in total. The molecule has 0 aromatic rings. The van der Waals surface area contributed by atoms with Crippen molar-refractivity contribution in [3.63, 3.8) is 0 Å². The van der Waals surface area contributed by atoms with Crippen molar-refractivity contribution in [1.29, 1.82) is 0 Å². The van der Waals surface area contributed by atoms with Gasteiger partial charge in [-0.05, 0) is 12.8 Å². The number of nitrogens with one attached hydrogen (secondary N) is 1. The first-order chi connectivity index (χ1) is 8.46. The quantitative estimate of drug-likeness (QED) is 0.568. The van der Waals surface area contributed by atoms with Gasteiger partial charge in [-0.2, -0.15) is 0 Å². The zero-order chi connectivity index (χ0) is 13.3. The molecule has 100 valence electrons. The third kappa shape index (κ3) is 2.23. The fourth-order valence-corrected chi connectivity index (χ4v) is 1.88. The minimum Gasteiger partial charge on any atom is -0.480 e. The van der Waals surface area contributed by atoms with Crippen molar-refractivity contribution in [2.24, 2.45) is 5.73 Å². The van der Waals surface area contributed by atoms with E-state index in [-0.39, 0.29) is 13.2 Å². The lowest BCUT2D eigenvalue weighted by Crippen LogP contribution is -2.59. The highest BCUT2D eigenvalue weighted by atomic mass is 16.5. The molecular formula is C10H15N3O5. The van der Waals surface area contributed by atoms with Crippen LogP contribution in [0.15, 0.2) is 0 Å². The number of carbonyl (C=O) groups is 3. The van der Waals surface area contributed by atoms with Crippen LogP contribution in [-0.2, 0) is 14.3 Å². The van der Waals surface area contributed by atoms with Gasteiger partial charge in [-0.1, -0.05) is 0 Å². The number of aliphatic carboxylic acids is 1. The number of primary amides is 1. The van der Waals surface area contributed by atoms with Gasteiger partial charge in [-0.15, -0.1) is 0 Å². The average Bonchev–Trinajstić information content (AvgIpc) is 3.10. The molecule has 8 heteroatoms. The number of urea groups is 1. The van der Waals surface area contributed by atoms with Crippen molar-refractivity contribution in [3.8, 4) is 0 Å². The summed E-state index contributed by atoms with van der Waals surface area (Å²) >= 11 is 0. The molecule has 0 spiro atoms. The molecule has 2 rings (SSSR count). The number of ether oxygens (including phenoxy) is 1. The van der Waals surface area contributed by atoms with Crippen molar-refractivity contribution in [1.82, 2.24) is 10.2 Å². The molecule has 1 saturated carbocycles. The Morgan fingerprint density at radius 3 is 2.56 bits per heavy atom. The van der Waals surface area contributed by atoms with Gasteiger partial charge in [0.15, 0.2) is 0 Å². The number of hydrogen-bond donors (Lipinski definition) is 3. The van der Waals surface area contributed by atoms with Crippen LogP contribution in [0.5, 0.6) is 0 Å². The summed E-state index contributed by atoms with van der Waals surface area (Å²) in [4.78, 5) is 35.3. The Hall–Kier alpha value is -1.83. The topological polar surface area (TPSA) is 122 Å². The van der Waals surface area contributed by atoms with Crippen LogP contribution in [0.1, 0.15) is 12.8 Å². The fraction of sp³-hybridized carbons (Fsp3) is 0.700. The number of carbonyl (C=O) groups excluding carboxylic acids is 2. The van der Waals surface area contributed by atoms with Gasteiger partial charge in [-0.3, -0.25) is 4.79 Å². The lowest BCUT2D eigenvalue weighted by Gasteiger charge is -2.34. The zero-order valence-electron chi connectivity index (χ0n) is 9.72. The van der Waals surface area contributed by atoms with Crippen LogP contribution in [0.2, 0.25) is 0 Å². The fourth-order valence-electron chi connectivity index (χ4n) is 1.88. The molecule has 2 fully saturated rings. The van der Waals surface area contributed by atoms with E-state index in [9.17, 15) is 14.4 Å². The summed E-state index contributed by atoms with van der Waals surface area (Å²) < 4.78 is 5.08. The summed E-state index contributed by atoms with van der Waals surface area (Å²) in [6.45, 7) is 0.565. The molecule has 0 aromatic carbocycles. The second kappa shape index (κ2) is 4.45. The minimum atomic E-state index is -1.17. The van der Waals surface area contributed by atoms with E-state index in [0.29, 0.717) is 19.4 Å². The molecule has 1 heterocycles. The summed E-state index contributed by atoms with van der Waals surface area (Å²) in [5, 5.41) is 11.4. The molecule has 4 N–H and O–H groups in total. The van der Waals surface area contributed by atoms with Crippen LogP contribution in [-0.4, -0.2) is 59.3 Å². The van der Waals surface area contributed by atoms with Gasteiger partial charge in [-0.25, -0.2) is 9.59 Å². The molecule has 2 aliphatic rings. The highest BCUT2D eigenvalue weighted by Crippen LogP contribution is 2.35. The summed E-state index contributed by atoms with van der Waals surface area (Å²) in [7, 11) is 0. The first-order valence-electron chi connectivity index (χ1n) is 5.65. The van der Waals surface area contributed by atoms with Crippen LogP contribution >= 0.6 is 0 Å². The second-order valence-corrected chi connectivity index (χ2v) is 4.50. The Morgan fingerprint density at radius 2 is 2.06 bits per heavy atom. The molecule has 1 unspecified atom stereocenters. The first kappa shape index (κ1) is 12.6. The van der Waals surface area contributed by atoms with Gasteiger partial charge in [0.2, 0.25) is 5.91 Å². The van der Waals surface area contributed by atoms with E-state index in [0.717, 1.165) is 0 Å². The molecule has 0 aromatic heterocycles. The average molecular weight is 257 g/mol. The van der Waals surface area contributed by atoms with Crippen LogP contribution in [0.3, 0.4) is 0 Å². The molecule has 1 aliphatic heterocycles. The third-order valence-corrected chi connectivity index (χ3v) is 3.22. The largest absolute Gasteiger partial charge is 0.480 e. The second-order valence-electron chi connectivity index (χ2n) is 4.50. The van der Waals surface area contributed by atoms with E-state index in [1.54, 1.807) is 0 Å². The van der Waals surface area contributed by atoms with E-state index in [4.69, 9.17) is 15.6 Å². The van der Waals surface area contributed by atoms with E-state index in [2.05, 4.69) is 5.32 Å². The third-order valence-electron chi connectivity index (χ3n) is 3.22. The number of rotatable bonds is 3. The van der Waals surface area contributed by atoms with Gasteiger partial charge in [0, 0.05) is 6.54 Å². The lowest BCUT2D eigenvalue weighted by molar-refractivity contribution is -0.140. The molecule has 1 saturated heterocycles. The van der Waals surface area contributed by atoms with E-state index in [1.165, 1.54) is 4.90 Å². The number of nitrogens with zero attached hydrogens (tertiary/aromatic N) is 1. The molecule has 0 bridgehead atoms. The predicted molar refractivity (Wildman–Crippen MR) is 58.6 cm³/mol. The maximum absolute atomic E-state index is 12.0. The Labute approximate surface area is 103 Å². The molecule has 0 radical (unpaired) electrons. The Balaban J connectivity index is 2.03. The maximum atomic E-state index is 12.0. The Bertz CT molecular complexity index is 393. The van der Waals surface area contributed by atoms with Crippen molar-refractivity contribution < 1.29 is 24.2 Å². The van der Waals surface area contributed by atoms with E-state index in [1.807, 2.05) is 0 Å². The number of morpholine rings is 1. The van der Waals surface area contributed by atoms with Crippen molar-refractivity contribution in [2.75, 3.05) is 19.8 Å². The van der Waals surface area contributed by atoms with Crippen LogP contribution in [0.4, 0.5) is 4.79 Å². The number of hydrogen-bond acceptors (Lipinski definition) is 4. The molecular weight excluding hydrogens is 242 g/mol.